The zero-order valence-electron chi connectivity index (χ0n) is 24.7. The quantitative estimate of drug-likeness (QED) is 0.164. The van der Waals surface area contributed by atoms with Crippen LogP contribution >= 0.6 is 7.82 Å². The van der Waals surface area contributed by atoms with Crippen LogP contribution < -0.4 is 9.05 Å². The van der Waals surface area contributed by atoms with Crippen LogP contribution in [-0.2, 0) is 41.1 Å². The first kappa shape index (κ1) is 34.3. The summed E-state index contributed by atoms with van der Waals surface area (Å²) in [6.07, 6.45) is -21.1. The third kappa shape index (κ3) is 5.60. The molecule has 4 nitrogen and oxygen atoms in total. The molecule has 1 heterocycles. The molecule has 0 saturated carbocycles. The Hall–Kier alpha value is -4.17. The number of alkyl halides is 12. The monoisotopic (exact) mass is 738 g/mol. The summed E-state index contributed by atoms with van der Waals surface area (Å²) in [4.78, 5) is 10.6. The number of halogens is 12. The third-order valence-corrected chi connectivity index (χ3v) is 10.2. The van der Waals surface area contributed by atoms with Gasteiger partial charge in [-0.15, -0.1) is 0 Å². The van der Waals surface area contributed by atoms with Crippen LogP contribution in [0.1, 0.15) is 68.8 Å². The molecule has 2 aliphatic carbocycles. The van der Waals surface area contributed by atoms with E-state index in [-0.39, 0.29) is 70.7 Å². The summed E-state index contributed by atoms with van der Waals surface area (Å²) >= 11 is 0. The van der Waals surface area contributed by atoms with Gasteiger partial charge in [0, 0.05) is 22.5 Å². The number of rotatable bonds is 2. The second kappa shape index (κ2) is 10.7. The van der Waals surface area contributed by atoms with E-state index in [9.17, 15) is 62.1 Å². The molecule has 4 aromatic rings. The Bertz CT molecular complexity index is 2050. The summed E-state index contributed by atoms with van der Waals surface area (Å²) in [6, 6.07) is 8.24. The fourth-order valence-corrected chi connectivity index (χ4v) is 8.36. The average molecular weight is 738 g/mol. The lowest BCUT2D eigenvalue weighted by atomic mass is 9.74. The molecule has 0 saturated heterocycles. The van der Waals surface area contributed by atoms with Gasteiger partial charge in [0.1, 0.15) is 11.5 Å². The fraction of sp³-hybridized carbons (Fsp3) is 0.273. The minimum absolute atomic E-state index is 0.00844. The first-order valence-corrected chi connectivity index (χ1v) is 16.1. The predicted octanol–water partition coefficient (Wildman–Crippen LogP) is 11.1. The molecule has 1 spiro atoms. The highest BCUT2D eigenvalue weighted by Crippen LogP contribution is 2.66. The zero-order chi connectivity index (χ0) is 36.4. The number of phosphoric ester groups is 1. The molecule has 1 N–H and O–H groups in total. The second-order valence-electron chi connectivity index (χ2n) is 12.3. The van der Waals surface area contributed by atoms with Crippen molar-refractivity contribution < 1.29 is 71.2 Å². The molecule has 7 rings (SSSR count). The van der Waals surface area contributed by atoms with Crippen molar-refractivity contribution in [3.8, 4) is 22.6 Å². The lowest BCUT2D eigenvalue weighted by molar-refractivity contribution is -0.144. The normalized spacial score (nSPS) is 23.0. The van der Waals surface area contributed by atoms with Crippen LogP contribution in [0.15, 0.2) is 66.7 Å². The van der Waals surface area contributed by atoms with Gasteiger partial charge in [0.15, 0.2) is 0 Å². The maximum absolute atomic E-state index is 13.9. The Morgan fingerprint density at radius 3 is 1.68 bits per heavy atom. The van der Waals surface area contributed by atoms with Crippen molar-refractivity contribution in [1.82, 2.24) is 0 Å². The van der Waals surface area contributed by atoms with E-state index < -0.39 is 77.2 Å². The van der Waals surface area contributed by atoms with Crippen LogP contribution in [0, 0.1) is 0 Å². The molecule has 264 valence electrons. The minimum atomic E-state index is -5.18. The van der Waals surface area contributed by atoms with Gasteiger partial charge in [-0.2, -0.15) is 52.7 Å². The molecule has 3 unspecified atom stereocenters. The smallest absolute Gasteiger partial charge is 0.395 e. The van der Waals surface area contributed by atoms with Crippen molar-refractivity contribution >= 4 is 7.82 Å². The second-order valence-corrected chi connectivity index (χ2v) is 13.6. The summed E-state index contributed by atoms with van der Waals surface area (Å²) in [7, 11) is -5.06. The van der Waals surface area contributed by atoms with Crippen LogP contribution in [0.4, 0.5) is 52.7 Å². The van der Waals surface area contributed by atoms with E-state index in [1.165, 1.54) is 18.2 Å². The number of phosphoric acid groups is 1. The summed E-state index contributed by atoms with van der Waals surface area (Å²) in [5.74, 6) is -1.82. The zero-order valence-corrected chi connectivity index (χ0v) is 25.6. The fourth-order valence-electron chi connectivity index (χ4n) is 7.52. The van der Waals surface area contributed by atoms with E-state index in [1.807, 2.05) is 0 Å². The largest absolute Gasteiger partial charge is 0.584 e. The predicted molar refractivity (Wildman–Crippen MR) is 151 cm³/mol. The molecule has 0 aromatic heterocycles. The maximum atomic E-state index is 13.9. The van der Waals surface area contributed by atoms with Gasteiger partial charge < -0.3 is 9.05 Å². The number of benzene rings is 4. The molecule has 1 aliphatic heterocycles. The van der Waals surface area contributed by atoms with E-state index in [0.717, 1.165) is 12.1 Å². The Morgan fingerprint density at radius 1 is 0.660 bits per heavy atom. The van der Waals surface area contributed by atoms with Crippen LogP contribution in [0.25, 0.3) is 11.1 Å². The molecule has 0 radical (unpaired) electrons. The molecule has 17 heteroatoms. The Balaban J connectivity index is 1.50. The van der Waals surface area contributed by atoms with Gasteiger partial charge in [-0.05, 0) is 95.6 Å². The Labute approximate surface area is 273 Å². The van der Waals surface area contributed by atoms with E-state index in [0.29, 0.717) is 24.3 Å². The van der Waals surface area contributed by atoms with E-state index >= 15 is 0 Å². The summed E-state index contributed by atoms with van der Waals surface area (Å²) in [5, 5.41) is 0. The maximum Gasteiger partial charge on any atom is 0.584 e. The van der Waals surface area contributed by atoms with Crippen LogP contribution in [0.3, 0.4) is 0 Å². The lowest BCUT2D eigenvalue weighted by Gasteiger charge is -2.33. The van der Waals surface area contributed by atoms with Gasteiger partial charge in [-0.1, -0.05) is 18.2 Å². The molecule has 3 atom stereocenters. The van der Waals surface area contributed by atoms with Crippen molar-refractivity contribution in [2.75, 3.05) is 0 Å². The van der Waals surface area contributed by atoms with Crippen molar-refractivity contribution in [3.05, 3.63) is 117 Å². The van der Waals surface area contributed by atoms with Crippen LogP contribution in [0.5, 0.6) is 11.5 Å². The van der Waals surface area contributed by atoms with Crippen molar-refractivity contribution in [2.24, 2.45) is 0 Å². The number of hydrogen-bond acceptors (Lipinski definition) is 3. The Morgan fingerprint density at radius 2 is 1.16 bits per heavy atom. The molecule has 0 amide bonds. The average Bonchev–Trinajstić information content (AvgIpc) is 3.53. The molecule has 0 fully saturated rings. The van der Waals surface area contributed by atoms with Gasteiger partial charge in [0.25, 0.3) is 0 Å². The number of hydrogen-bond donors (Lipinski definition) is 1. The van der Waals surface area contributed by atoms with E-state index in [1.54, 1.807) is 0 Å². The van der Waals surface area contributed by atoms with Gasteiger partial charge >= 0.3 is 32.5 Å². The topological polar surface area (TPSA) is 55.8 Å². The van der Waals surface area contributed by atoms with Crippen LogP contribution in [-0.4, -0.2) is 4.89 Å². The van der Waals surface area contributed by atoms with Crippen molar-refractivity contribution in [3.63, 3.8) is 0 Å². The molecule has 3 aliphatic rings. The summed E-state index contributed by atoms with van der Waals surface area (Å²) in [5.41, 5.74) is -8.34. The molecule has 50 heavy (non-hydrogen) atoms. The van der Waals surface area contributed by atoms with Crippen LogP contribution in [0.2, 0.25) is 0 Å². The Kier molecular flexibility index (Phi) is 7.32. The highest BCUT2D eigenvalue weighted by atomic mass is 31.2. The SMILES string of the molecule is O=P1(O)Oc2cccc3c2C2(CCc4c(-c5cc(C(F)(F)F)cc(C(F)(F)F)c5)ccc(c42)O1)CC3c1cc(C(F)(F)F)cc(C(F)(F)F)c1. The highest BCUT2D eigenvalue weighted by Gasteiger charge is 2.55. The third-order valence-electron chi connectivity index (χ3n) is 9.36. The molecule has 4 aromatic carbocycles. The first-order chi connectivity index (χ1) is 23.0. The standard InChI is InChI=1S/C33H19F12O4P/c34-30(35,36)17-8-15(9-18(12-17)31(37,38)39)21-4-5-26-28-23(21)6-7-29(28)14-24(22-2-1-3-25(27(22)29)48-50(46,47)49-26)16-10-19(32(40,41)42)13-20(11-16)33(43,44)45/h1-5,8-13,24H,6-7,14H2,(H,46,47). The van der Waals surface area contributed by atoms with Crippen molar-refractivity contribution in [1.29, 1.82) is 0 Å². The van der Waals surface area contributed by atoms with E-state index in [4.69, 9.17) is 9.05 Å². The van der Waals surface area contributed by atoms with Gasteiger partial charge in [0.2, 0.25) is 0 Å². The summed E-state index contributed by atoms with van der Waals surface area (Å²) < 4.78 is 190. The molecular formula is C33H19F12O4P. The van der Waals surface area contributed by atoms with E-state index in [2.05, 4.69) is 0 Å². The molecule has 0 bridgehead atoms. The van der Waals surface area contributed by atoms with Gasteiger partial charge in [-0.3, -0.25) is 4.89 Å². The van der Waals surface area contributed by atoms with Crippen molar-refractivity contribution in [2.45, 2.75) is 55.3 Å². The first-order valence-electron chi connectivity index (χ1n) is 14.6. The highest BCUT2D eigenvalue weighted by molar-refractivity contribution is 7.48. The summed E-state index contributed by atoms with van der Waals surface area (Å²) in [6.45, 7) is 0. The van der Waals surface area contributed by atoms with Gasteiger partial charge in [-0.25, -0.2) is 4.57 Å². The lowest BCUT2D eigenvalue weighted by Crippen LogP contribution is -2.25. The molecular weight excluding hydrogens is 719 g/mol. The van der Waals surface area contributed by atoms with Gasteiger partial charge in [0.05, 0.1) is 22.3 Å². The minimum Gasteiger partial charge on any atom is -0.395 e.